The average molecular weight is 468 g/mol. The zero-order valence-electron chi connectivity index (χ0n) is 16.6. The minimum atomic E-state index is -1.69. The number of ether oxygens (including phenoxy) is 2. The summed E-state index contributed by atoms with van der Waals surface area (Å²) in [5.41, 5.74) is -0.140. The lowest BCUT2D eigenvalue weighted by molar-refractivity contribution is -0.116. The standard InChI is InChI=1S/C19H37IO3Si/c1-8-13-17(22-16-21-7)19(5,6)18(14-12-15-20)23-24(9-2,10-3)11-4/h8,12-13,15,17-18H,9-11,14,16H2,1-7H3/b13-8+,15-12-/t17-,18-/m0/s1. The average Bonchev–Trinajstić information content (AvgIpc) is 2.59. The van der Waals surface area contributed by atoms with Gasteiger partial charge in [0, 0.05) is 12.5 Å². The second kappa shape index (κ2) is 12.6. The van der Waals surface area contributed by atoms with Gasteiger partial charge in [0.05, 0.1) is 12.2 Å². The first-order valence-electron chi connectivity index (χ1n) is 9.03. The molecular formula is C19H37IO3Si. The van der Waals surface area contributed by atoms with Crippen LogP contribution in [-0.2, 0) is 13.9 Å². The monoisotopic (exact) mass is 468 g/mol. The van der Waals surface area contributed by atoms with Crippen LogP contribution >= 0.6 is 22.6 Å². The van der Waals surface area contributed by atoms with Gasteiger partial charge in [0.15, 0.2) is 8.32 Å². The summed E-state index contributed by atoms with van der Waals surface area (Å²) in [7, 11) is -0.0252. The number of hydrogen-bond acceptors (Lipinski definition) is 3. The maximum absolute atomic E-state index is 6.89. The third-order valence-corrected chi connectivity index (χ3v) is 10.2. The molecule has 0 heterocycles. The molecule has 0 unspecified atom stereocenters. The molecule has 0 saturated heterocycles. The number of halogens is 1. The SMILES string of the molecule is C/C=C/[C@H](OCOC)C(C)(C)[C@H](C/C=C\I)O[Si](CC)(CC)CC. The molecule has 2 atom stereocenters. The molecule has 142 valence electrons. The zero-order chi connectivity index (χ0) is 18.6. The molecule has 0 amide bonds. The molecule has 0 radical (unpaired) electrons. The van der Waals surface area contributed by atoms with Crippen LogP contribution < -0.4 is 0 Å². The van der Waals surface area contributed by atoms with E-state index >= 15 is 0 Å². The summed E-state index contributed by atoms with van der Waals surface area (Å²) in [6.07, 6.45) is 7.39. The molecule has 3 nitrogen and oxygen atoms in total. The van der Waals surface area contributed by atoms with Crippen molar-refractivity contribution in [3.63, 3.8) is 0 Å². The lowest BCUT2D eigenvalue weighted by Crippen LogP contribution is -2.49. The largest absolute Gasteiger partial charge is 0.413 e. The Kier molecular flexibility index (Phi) is 12.8. The molecule has 0 aliphatic heterocycles. The molecule has 0 rings (SSSR count). The first-order valence-corrected chi connectivity index (χ1v) is 12.8. The van der Waals surface area contributed by atoms with E-state index in [-0.39, 0.29) is 17.6 Å². The van der Waals surface area contributed by atoms with Gasteiger partial charge < -0.3 is 13.9 Å². The summed E-state index contributed by atoms with van der Waals surface area (Å²) in [4.78, 5) is 0. The first kappa shape index (κ1) is 24.3. The first-order chi connectivity index (χ1) is 11.4. The van der Waals surface area contributed by atoms with E-state index < -0.39 is 8.32 Å². The van der Waals surface area contributed by atoms with Crippen molar-refractivity contribution in [2.45, 2.75) is 78.3 Å². The van der Waals surface area contributed by atoms with Gasteiger partial charge in [-0.1, -0.05) is 75.4 Å². The summed E-state index contributed by atoms with van der Waals surface area (Å²) in [6.45, 7) is 13.7. The molecule has 0 aliphatic carbocycles. The maximum atomic E-state index is 6.89. The molecule has 0 spiro atoms. The van der Waals surface area contributed by atoms with Crippen LogP contribution in [0.3, 0.4) is 0 Å². The van der Waals surface area contributed by atoms with Gasteiger partial charge >= 0.3 is 0 Å². The van der Waals surface area contributed by atoms with Crippen LogP contribution in [0.15, 0.2) is 22.3 Å². The van der Waals surface area contributed by atoms with Crippen molar-refractivity contribution in [1.82, 2.24) is 0 Å². The highest BCUT2D eigenvalue weighted by atomic mass is 127. The van der Waals surface area contributed by atoms with Crippen LogP contribution in [0, 0.1) is 5.41 Å². The molecule has 0 fully saturated rings. The van der Waals surface area contributed by atoms with E-state index in [0.717, 1.165) is 24.6 Å². The highest BCUT2D eigenvalue weighted by Crippen LogP contribution is 2.37. The van der Waals surface area contributed by atoms with Crippen LogP contribution in [0.5, 0.6) is 0 Å². The summed E-state index contributed by atoms with van der Waals surface area (Å²) in [5, 5.41) is 0. The Hall–Kier alpha value is 0.307. The van der Waals surface area contributed by atoms with Gasteiger partial charge in [0.25, 0.3) is 0 Å². The van der Waals surface area contributed by atoms with Crippen LogP contribution in [0.1, 0.15) is 48.0 Å². The molecule has 0 bridgehead atoms. The van der Waals surface area contributed by atoms with Crippen molar-refractivity contribution < 1.29 is 13.9 Å². The Morgan fingerprint density at radius 1 is 1.12 bits per heavy atom. The Labute approximate surface area is 164 Å². The summed E-state index contributed by atoms with van der Waals surface area (Å²) in [5.74, 6) is 0. The normalized spacial score (nSPS) is 16.2. The lowest BCUT2D eigenvalue weighted by atomic mass is 9.79. The number of allylic oxidation sites excluding steroid dienone is 1. The molecule has 0 saturated carbocycles. The number of methoxy groups -OCH3 is 1. The molecule has 0 aromatic carbocycles. The van der Waals surface area contributed by atoms with Crippen LogP contribution in [-0.4, -0.2) is 34.4 Å². The number of rotatable bonds is 13. The van der Waals surface area contributed by atoms with Crippen molar-refractivity contribution in [1.29, 1.82) is 0 Å². The highest BCUT2D eigenvalue weighted by molar-refractivity contribution is 14.1. The predicted molar refractivity (Wildman–Crippen MR) is 115 cm³/mol. The summed E-state index contributed by atoms with van der Waals surface area (Å²) < 4.78 is 20.1. The van der Waals surface area contributed by atoms with Gasteiger partial charge in [-0.15, -0.1) is 0 Å². The predicted octanol–water partition coefficient (Wildman–Crippen LogP) is 6.31. The van der Waals surface area contributed by atoms with Crippen LogP contribution in [0.2, 0.25) is 18.1 Å². The van der Waals surface area contributed by atoms with Gasteiger partial charge in [-0.2, -0.15) is 0 Å². The Morgan fingerprint density at radius 2 is 1.71 bits per heavy atom. The van der Waals surface area contributed by atoms with E-state index in [2.05, 4.69) is 79.5 Å². The Balaban J connectivity index is 5.57. The fourth-order valence-electron chi connectivity index (χ4n) is 3.00. The van der Waals surface area contributed by atoms with E-state index in [9.17, 15) is 0 Å². The molecule has 0 aromatic heterocycles. The van der Waals surface area contributed by atoms with E-state index in [1.165, 1.54) is 0 Å². The van der Waals surface area contributed by atoms with Gasteiger partial charge in [-0.3, -0.25) is 0 Å². The topological polar surface area (TPSA) is 27.7 Å². The van der Waals surface area contributed by atoms with Crippen molar-refractivity contribution in [3.8, 4) is 0 Å². The molecule has 5 heteroatoms. The third kappa shape index (κ3) is 7.28. The molecule has 0 aliphatic rings. The minimum Gasteiger partial charge on any atom is -0.413 e. The van der Waals surface area contributed by atoms with Gasteiger partial charge in [0.2, 0.25) is 0 Å². The Bertz CT molecular complexity index is 371. The lowest BCUT2D eigenvalue weighted by Gasteiger charge is -2.44. The molecule has 0 aromatic rings. The number of hydrogen-bond donors (Lipinski definition) is 0. The molecular weight excluding hydrogens is 431 g/mol. The van der Waals surface area contributed by atoms with Gasteiger partial charge in [-0.05, 0) is 35.6 Å². The molecule has 24 heavy (non-hydrogen) atoms. The minimum absolute atomic E-state index is 0.0349. The van der Waals surface area contributed by atoms with E-state index in [4.69, 9.17) is 13.9 Å². The van der Waals surface area contributed by atoms with Gasteiger partial charge in [0.1, 0.15) is 6.79 Å². The van der Waals surface area contributed by atoms with Crippen LogP contribution in [0.4, 0.5) is 0 Å². The quantitative estimate of drug-likeness (QED) is 0.137. The zero-order valence-corrected chi connectivity index (χ0v) is 19.8. The second-order valence-electron chi connectivity index (χ2n) is 6.79. The fourth-order valence-corrected chi connectivity index (χ4v) is 6.30. The third-order valence-electron chi connectivity index (χ3n) is 5.06. The van der Waals surface area contributed by atoms with Crippen LogP contribution in [0.25, 0.3) is 0 Å². The van der Waals surface area contributed by atoms with Crippen molar-refractivity contribution >= 4 is 30.9 Å². The summed E-state index contributed by atoms with van der Waals surface area (Å²) in [6, 6.07) is 3.48. The maximum Gasteiger partial charge on any atom is 0.192 e. The summed E-state index contributed by atoms with van der Waals surface area (Å²) >= 11 is 2.28. The van der Waals surface area contributed by atoms with E-state index in [1.807, 2.05) is 6.92 Å². The Morgan fingerprint density at radius 3 is 2.12 bits per heavy atom. The van der Waals surface area contributed by atoms with Crippen molar-refractivity contribution in [2.75, 3.05) is 13.9 Å². The molecule has 0 N–H and O–H groups in total. The highest BCUT2D eigenvalue weighted by Gasteiger charge is 2.42. The van der Waals surface area contributed by atoms with Crippen molar-refractivity contribution in [2.24, 2.45) is 5.41 Å². The van der Waals surface area contributed by atoms with E-state index in [1.54, 1.807) is 7.11 Å². The van der Waals surface area contributed by atoms with E-state index in [0.29, 0.717) is 6.79 Å². The smallest absolute Gasteiger partial charge is 0.192 e. The second-order valence-corrected chi connectivity index (χ2v) is 12.2. The van der Waals surface area contributed by atoms with Crippen molar-refractivity contribution in [3.05, 3.63) is 22.3 Å². The fraction of sp³-hybridized carbons (Fsp3) is 0.789. The van der Waals surface area contributed by atoms with Gasteiger partial charge in [-0.25, -0.2) is 0 Å².